The summed E-state index contributed by atoms with van der Waals surface area (Å²) in [6, 6.07) is 0. The molecule has 130 valence electrons. The summed E-state index contributed by atoms with van der Waals surface area (Å²) < 4.78 is 1.79. The fourth-order valence-electron chi connectivity index (χ4n) is 3.19. The van der Waals surface area contributed by atoms with Gasteiger partial charge < -0.3 is 0 Å². The lowest BCUT2D eigenvalue weighted by Gasteiger charge is -2.08. The van der Waals surface area contributed by atoms with E-state index in [0.29, 0.717) is 32.3 Å². The monoisotopic (exact) mass is 374 g/mol. The number of carbonyl (C=O) groups is 1. The Morgan fingerprint density at radius 1 is 1.24 bits per heavy atom. The number of carbonyl (C=O) groups excluding carboxylic acids is 1. The molecule has 8 heteroatoms. The van der Waals surface area contributed by atoms with Gasteiger partial charge >= 0.3 is 0 Å². The van der Waals surface area contributed by atoms with Crippen molar-refractivity contribution in [2.75, 3.05) is 5.32 Å². The van der Waals surface area contributed by atoms with E-state index in [4.69, 9.17) is 4.98 Å². The van der Waals surface area contributed by atoms with E-state index in [1.807, 2.05) is 19.2 Å². The molecule has 1 aliphatic heterocycles. The quantitative estimate of drug-likeness (QED) is 0.745. The van der Waals surface area contributed by atoms with E-state index < -0.39 is 0 Å². The van der Waals surface area contributed by atoms with Gasteiger partial charge in [-0.15, -0.1) is 22.7 Å². The summed E-state index contributed by atoms with van der Waals surface area (Å²) in [6.45, 7) is 4.43. The molecule has 25 heavy (non-hydrogen) atoms. The SMILES string of the molecule is Cc1csc(NC(=O)c2sc3nc4n(c(=O)c3c2C)CCCCC4)n1. The zero-order chi connectivity index (χ0) is 17.6. The Kier molecular flexibility index (Phi) is 4.16. The standard InChI is InChI=1S/C17H18N4O2S2/c1-9-8-24-17(18-9)20-14(22)13-10(2)12-15(25-13)19-11-6-4-3-5-7-21(11)16(12)23/h8H,3-7H2,1-2H3,(H,18,20,22). The number of thiophene rings is 1. The number of nitrogens with zero attached hydrogens (tertiary/aromatic N) is 3. The maximum atomic E-state index is 12.9. The second-order valence-electron chi connectivity index (χ2n) is 6.28. The summed E-state index contributed by atoms with van der Waals surface area (Å²) in [7, 11) is 0. The van der Waals surface area contributed by atoms with Gasteiger partial charge in [0.2, 0.25) is 0 Å². The van der Waals surface area contributed by atoms with Crippen LogP contribution in [0.3, 0.4) is 0 Å². The van der Waals surface area contributed by atoms with Crippen molar-refractivity contribution >= 4 is 43.9 Å². The number of rotatable bonds is 2. The lowest BCUT2D eigenvalue weighted by atomic mass is 10.2. The lowest BCUT2D eigenvalue weighted by molar-refractivity contribution is 0.103. The highest BCUT2D eigenvalue weighted by molar-refractivity contribution is 7.21. The molecule has 0 saturated carbocycles. The maximum absolute atomic E-state index is 12.9. The van der Waals surface area contributed by atoms with Gasteiger partial charge in [0.15, 0.2) is 5.13 Å². The number of aromatic nitrogens is 3. The third kappa shape index (κ3) is 2.89. The van der Waals surface area contributed by atoms with Crippen LogP contribution in [0.5, 0.6) is 0 Å². The highest BCUT2D eigenvalue weighted by Crippen LogP contribution is 2.29. The summed E-state index contributed by atoms with van der Waals surface area (Å²) in [5, 5.41) is 5.86. The van der Waals surface area contributed by atoms with Crippen molar-refractivity contribution in [3.63, 3.8) is 0 Å². The average molecular weight is 374 g/mol. The molecule has 0 atom stereocenters. The normalized spacial score (nSPS) is 14.3. The van der Waals surface area contributed by atoms with E-state index in [1.54, 1.807) is 4.57 Å². The minimum absolute atomic E-state index is 0.0141. The van der Waals surface area contributed by atoms with Crippen LogP contribution in [0.4, 0.5) is 5.13 Å². The first-order valence-electron chi connectivity index (χ1n) is 8.31. The first-order chi connectivity index (χ1) is 12.0. The summed E-state index contributed by atoms with van der Waals surface area (Å²) in [5.41, 5.74) is 1.57. The second-order valence-corrected chi connectivity index (χ2v) is 8.14. The lowest BCUT2D eigenvalue weighted by Crippen LogP contribution is -2.24. The first-order valence-corrected chi connectivity index (χ1v) is 10.0. The molecule has 3 aromatic rings. The topological polar surface area (TPSA) is 76.9 Å². The maximum Gasteiger partial charge on any atom is 0.267 e. The molecular formula is C17H18N4O2S2. The van der Waals surface area contributed by atoms with E-state index in [-0.39, 0.29) is 11.5 Å². The smallest absolute Gasteiger partial charge is 0.267 e. The van der Waals surface area contributed by atoms with Gasteiger partial charge in [0.25, 0.3) is 11.5 Å². The number of hydrogen-bond acceptors (Lipinski definition) is 6. The van der Waals surface area contributed by atoms with Crippen molar-refractivity contribution in [2.45, 2.75) is 46.1 Å². The number of thiazole rings is 1. The van der Waals surface area contributed by atoms with Gasteiger partial charge in [0.1, 0.15) is 10.7 Å². The van der Waals surface area contributed by atoms with Crippen LogP contribution < -0.4 is 10.9 Å². The fourth-order valence-corrected chi connectivity index (χ4v) is 4.96. The van der Waals surface area contributed by atoms with Crippen molar-refractivity contribution in [3.05, 3.63) is 37.7 Å². The predicted octanol–water partition coefficient (Wildman–Crippen LogP) is 3.51. The Morgan fingerprint density at radius 3 is 2.84 bits per heavy atom. The van der Waals surface area contributed by atoms with Gasteiger partial charge in [-0.2, -0.15) is 0 Å². The third-order valence-electron chi connectivity index (χ3n) is 4.46. The molecule has 0 spiro atoms. The molecule has 4 heterocycles. The average Bonchev–Trinajstić information content (AvgIpc) is 3.02. The van der Waals surface area contributed by atoms with Gasteiger partial charge in [-0.05, 0) is 32.3 Å². The third-order valence-corrected chi connectivity index (χ3v) is 6.52. The minimum Gasteiger partial charge on any atom is -0.297 e. The molecule has 0 aliphatic carbocycles. The second kappa shape index (κ2) is 6.34. The van der Waals surface area contributed by atoms with Crippen LogP contribution in [0.1, 0.15) is 46.0 Å². The highest BCUT2D eigenvalue weighted by Gasteiger charge is 2.22. The van der Waals surface area contributed by atoms with Crippen LogP contribution in [0, 0.1) is 13.8 Å². The van der Waals surface area contributed by atoms with Gasteiger partial charge in [-0.3, -0.25) is 19.5 Å². The number of anilines is 1. The van der Waals surface area contributed by atoms with Gasteiger partial charge in [-0.25, -0.2) is 9.97 Å². The zero-order valence-corrected chi connectivity index (χ0v) is 15.7. The molecule has 0 bridgehead atoms. The zero-order valence-electron chi connectivity index (χ0n) is 14.1. The Labute approximate surface area is 152 Å². The molecular weight excluding hydrogens is 356 g/mol. The molecule has 6 nitrogen and oxygen atoms in total. The molecule has 0 fully saturated rings. The van der Waals surface area contributed by atoms with E-state index in [9.17, 15) is 9.59 Å². The van der Waals surface area contributed by atoms with Crippen LogP contribution in [0.2, 0.25) is 0 Å². The Hall–Kier alpha value is -2.06. The molecule has 1 amide bonds. The van der Waals surface area contributed by atoms with E-state index in [0.717, 1.165) is 37.2 Å². The Morgan fingerprint density at radius 2 is 2.08 bits per heavy atom. The number of amides is 1. The van der Waals surface area contributed by atoms with Crippen LogP contribution in [-0.4, -0.2) is 20.4 Å². The Bertz CT molecular complexity index is 1030. The first kappa shape index (κ1) is 16.4. The van der Waals surface area contributed by atoms with Crippen LogP contribution in [0.25, 0.3) is 10.2 Å². The molecule has 0 unspecified atom stereocenters. The number of fused-ring (bicyclic) bond motifs is 2. The predicted molar refractivity (Wildman–Crippen MR) is 101 cm³/mol. The molecule has 4 rings (SSSR count). The van der Waals surface area contributed by atoms with Crippen molar-refractivity contribution in [3.8, 4) is 0 Å². The largest absolute Gasteiger partial charge is 0.297 e. The van der Waals surface area contributed by atoms with Crippen molar-refractivity contribution in [2.24, 2.45) is 0 Å². The number of nitrogens with one attached hydrogen (secondary N) is 1. The fraction of sp³-hybridized carbons (Fsp3) is 0.412. The summed E-state index contributed by atoms with van der Waals surface area (Å²) >= 11 is 2.68. The van der Waals surface area contributed by atoms with Crippen molar-refractivity contribution < 1.29 is 4.79 Å². The molecule has 0 aromatic carbocycles. The van der Waals surface area contributed by atoms with Gasteiger partial charge in [-0.1, -0.05) is 6.42 Å². The minimum atomic E-state index is -0.227. The van der Waals surface area contributed by atoms with Crippen LogP contribution >= 0.6 is 22.7 Å². The van der Waals surface area contributed by atoms with E-state index in [1.165, 1.54) is 22.7 Å². The summed E-state index contributed by atoms with van der Waals surface area (Å²) in [6.07, 6.45) is 4.00. The highest BCUT2D eigenvalue weighted by atomic mass is 32.1. The van der Waals surface area contributed by atoms with Crippen LogP contribution in [-0.2, 0) is 13.0 Å². The molecule has 0 saturated heterocycles. The van der Waals surface area contributed by atoms with Crippen molar-refractivity contribution in [1.82, 2.24) is 14.5 Å². The molecule has 0 radical (unpaired) electrons. The summed E-state index contributed by atoms with van der Waals surface area (Å²) in [5.74, 6) is 0.619. The summed E-state index contributed by atoms with van der Waals surface area (Å²) in [4.78, 5) is 35.7. The van der Waals surface area contributed by atoms with Crippen LogP contribution in [0.15, 0.2) is 10.2 Å². The van der Waals surface area contributed by atoms with Gasteiger partial charge in [0, 0.05) is 18.3 Å². The van der Waals surface area contributed by atoms with Gasteiger partial charge in [0.05, 0.1) is 16.0 Å². The number of hydrogen-bond donors (Lipinski definition) is 1. The van der Waals surface area contributed by atoms with E-state index >= 15 is 0 Å². The number of aryl methyl sites for hydroxylation is 3. The van der Waals surface area contributed by atoms with Crippen molar-refractivity contribution in [1.29, 1.82) is 0 Å². The molecule has 1 N–H and O–H groups in total. The molecule has 1 aliphatic rings. The van der Waals surface area contributed by atoms with E-state index in [2.05, 4.69) is 10.3 Å². The molecule has 3 aromatic heterocycles. The Balaban J connectivity index is 1.78.